The summed E-state index contributed by atoms with van der Waals surface area (Å²) in [5, 5.41) is 13.4. The number of hydrogen-bond acceptors (Lipinski definition) is 9. The molecule has 1 saturated heterocycles. The number of carbonyl (C=O) groups excluding carboxylic acids is 3. The predicted molar refractivity (Wildman–Crippen MR) is 71.6 cm³/mol. The van der Waals surface area contributed by atoms with E-state index in [0.29, 0.717) is 0 Å². The quantitative estimate of drug-likeness (QED) is 0.239. The van der Waals surface area contributed by atoms with Gasteiger partial charge in [0.2, 0.25) is 0 Å². The largest absolute Gasteiger partial charge is 0.463 e. The molecule has 128 valence electrons. The fourth-order valence-corrected chi connectivity index (χ4v) is 2.09. The average Bonchev–Trinajstić information content (AvgIpc) is 2.43. The Kier molecular flexibility index (Phi) is 6.76. The normalized spacial score (nSPS) is 29.8. The molecule has 23 heavy (non-hydrogen) atoms. The molecule has 1 N–H and O–H groups in total. The minimum Gasteiger partial charge on any atom is -0.463 e. The molecule has 1 rings (SSSR count). The molecule has 1 aliphatic heterocycles. The highest BCUT2D eigenvalue weighted by atomic mass is 16.7. The van der Waals surface area contributed by atoms with Gasteiger partial charge < -0.3 is 24.1 Å². The van der Waals surface area contributed by atoms with Gasteiger partial charge in [0, 0.05) is 25.7 Å². The van der Waals surface area contributed by atoms with Gasteiger partial charge in [-0.3, -0.25) is 14.4 Å². The molecule has 0 unspecified atom stereocenters. The summed E-state index contributed by atoms with van der Waals surface area (Å²) in [6.45, 7) is 3.00. The van der Waals surface area contributed by atoms with E-state index in [1.807, 2.05) is 0 Å². The highest BCUT2D eigenvalue weighted by Crippen LogP contribution is 2.28. The topological polar surface area (TPSA) is 157 Å². The lowest BCUT2D eigenvalue weighted by Crippen LogP contribution is -2.60. The van der Waals surface area contributed by atoms with Crippen LogP contribution in [0.25, 0.3) is 10.4 Å². The Morgan fingerprint density at radius 3 is 2.17 bits per heavy atom. The van der Waals surface area contributed by atoms with Crippen LogP contribution in [0.4, 0.5) is 0 Å². The third-order valence-electron chi connectivity index (χ3n) is 2.88. The predicted octanol–water partition coefficient (Wildman–Crippen LogP) is -0.191. The van der Waals surface area contributed by atoms with Crippen molar-refractivity contribution in [3.63, 3.8) is 0 Å². The Bertz CT molecular complexity index is 518. The van der Waals surface area contributed by atoms with Crippen molar-refractivity contribution in [1.82, 2.24) is 0 Å². The van der Waals surface area contributed by atoms with Crippen molar-refractivity contribution in [3.8, 4) is 0 Å². The summed E-state index contributed by atoms with van der Waals surface area (Å²) in [6, 6.07) is -1.17. The van der Waals surface area contributed by atoms with E-state index in [1.165, 1.54) is 0 Å². The number of nitrogens with zero attached hydrogens (tertiary/aromatic N) is 3. The molecule has 0 aromatic rings. The summed E-state index contributed by atoms with van der Waals surface area (Å²) in [5.74, 6) is -2.12. The summed E-state index contributed by atoms with van der Waals surface area (Å²) < 4.78 is 19.8. The van der Waals surface area contributed by atoms with Crippen LogP contribution >= 0.6 is 0 Å². The number of ether oxygens (including phenoxy) is 4. The van der Waals surface area contributed by atoms with Crippen LogP contribution in [0.3, 0.4) is 0 Å². The molecule has 0 aromatic carbocycles. The lowest BCUT2D eigenvalue weighted by atomic mass is 9.96. The van der Waals surface area contributed by atoms with E-state index < -0.39 is 48.6 Å². The van der Waals surface area contributed by atoms with Crippen molar-refractivity contribution >= 4 is 17.9 Å². The minimum atomic E-state index is -1.66. The molecule has 11 nitrogen and oxygen atoms in total. The Morgan fingerprint density at radius 2 is 1.70 bits per heavy atom. The molecule has 1 fully saturated rings. The Morgan fingerprint density at radius 1 is 1.13 bits per heavy atom. The molecule has 1 aliphatic rings. The molecule has 0 saturated carbocycles. The first-order chi connectivity index (χ1) is 10.8. The van der Waals surface area contributed by atoms with Crippen molar-refractivity contribution in [3.05, 3.63) is 10.4 Å². The van der Waals surface area contributed by atoms with E-state index in [9.17, 15) is 19.5 Å². The third kappa shape index (κ3) is 5.40. The average molecular weight is 331 g/mol. The summed E-state index contributed by atoms with van der Waals surface area (Å²) in [4.78, 5) is 35.9. The fourth-order valence-electron chi connectivity index (χ4n) is 2.09. The first-order valence-corrected chi connectivity index (χ1v) is 6.61. The van der Waals surface area contributed by atoms with Crippen molar-refractivity contribution in [2.75, 3.05) is 6.61 Å². The van der Waals surface area contributed by atoms with E-state index in [0.717, 1.165) is 20.8 Å². The second-order valence-corrected chi connectivity index (χ2v) is 4.71. The van der Waals surface area contributed by atoms with Gasteiger partial charge in [-0.1, -0.05) is 5.11 Å². The van der Waals surface area contributed by atoms with Crippen LogP contribution < -0.4 is 0 Å². The molecular weight excluding hydrogens is 314 g/mol. The maximum Gasteiger partial charge on any atom is 0.303 e. The van der Waals surface area contributed by atoms with Crippen LogP contribution in [0, 0.1) is 0 Å². The summed E-state index contributed by atoms with van der Waals surface area (Å²) in [6.07, 6.45) is -5.42. The van der Waals surface area contributed by atoms with Crippen molar-refractivity contribution < 1.29 is 38.4 Å². The Hall–Kier alpha value is -2.36. The van der Waals surface area contributed by atoms with E-state index in [-0.39, 0.29) is 6.61 Å². The second kappa shape index (κ2) is 8.32. The van der Waals surface area contributed by atoms with Crippen LogP contribution in [0.1, 0.15) is 20.8 Å². The molecule has 0 radical (unpaired) electrons. The molecule has 0 bridgehead atoms. The van der Waals surface area contributed by atoms with E-state index in [4.69, 9.17) is 24.5 Å². The number of azide groups is 1. The van der Waals surface area contributed by atoms with Gasteiger partial charge in [0.15, 0.2) is 18.5 Å². The van der Waals surface area contributed by atoms with E-state index in [1.54, 1.807) is 0 Å². The molecular formula is C12H17N3O8. The standard InChI is InChI=1S/C12H17N3O8/c1-5(16)20-4-8-9(14-15-13)10(21-6(2)17)11(12(19)23-8)22-7(3)18/h8-12,19H,4H2,1-3H3/t8-,9-,10+,11-,12-/m1/s1. The van der Waals surface area contributed by atoms with Crippen molar-refractivity contribution in [2.45, 2.75) is 51.4 Å². The van der Waals surface area contributed by atoms with Gasteiger partial charge in [-0.05, 0) is 5.53 Å². The zero-order valence-corrected chi connectivity index (χ0v) is 12.7. The van der Waals surface area contributed by atoms with Gasteiger partial charge in [-0.15, -0.1) is 0 Å². The smallest absolute Gasteiger partial charge is 0.303 e. The Balaban J connectivity index is 3.09. The maximum atomic E-state index is 11.3. The van der Waals surface area contributed by atoms with E-state index in [2.05, 4.69) is 10.0 Å². The monoisotopic (exact) mass is 331 g/mol. The zero-order chi connectivity index (χ0) is 17.6. The van der Waals surface area contributed by atoms with Crippen LogP contribution in [-0.2, 0) is 33.3 Å². The van der Waals surface area contributed by atoms with Gasteiger partial charge in [-0.2, -0.15) is 0 Å². The van der Waals surface area contributed by atoms with Crippen LogP contribution in [-0.4, -0.2) is 60.3 Å². The van der Waals surface area contributed by atoms with Crippen LogP contribution in [0.15, 0.2) is 5.11 Å². The van der Waals surface area contributed by atoms with Gasteiger partial charge in [0.1, 0.15) is 18.8 Å². The van der Waals surface area contributed by atoms with Gasteiger partial charge >= 0.3 is 17.9 Å². The SMILES string of the molecule is CC(=O)OC[C@H]1O[C@@H](O)[C@H](OC(C)=O)[C@@H](OC(C)=O)[C@@H]1N=[N+]=[N-]. The number of aliphatic hydroxyl groups excluding tert-OH is 1. The van der Waals surface area contributed by atoms with Crippen LogP contribution in [0.2, 0.25) is 0 Å². The third-order valence-corrected chi connectivity index (χ3v) is 2.88. The van der Waals surface area contributed by atoms with Gasteiger partial charge in [0.25, 0.3) is 0 Å². The second-order valence-electron chi connectivity index (χ2n) is 4.71. The molecule has 0 aromatic heterocycles. The van der Waals surface area contributed by atoms with Gasteiger partial charge in [-0.25, -0.2) is 0 Å². The van der Waals surface area contributed by atoms with E-state index >= 15 is 0 Å². The highest BCUT2D eigenvalue weighted by Gasteiger charge is 2.49. The lowest BCUT2D eigenvalue weighted by molar-refractivity contribution is -0.269. The van der Waals surface area contributed by atoms with Gasteiger partial charge in [0.05, 0.1) is 0 Å². The molecule has 0 spiro atoms. The summed E-state index contributed by atoms with van der Waals surface area (Å²) >= 11 is 0. The fraction of sp³-hybridized carbons (Fsp3) is 0.750. The number of carbonyl (C=O) groups is 3. The van der Waals surface area contributed by atoms with Crippen molar-refractivity contribution in [1.29, 1.82) is 0 Å². The lowest BCUT2D eigenvalue weighted by Gasteiger charge is -2.41. The number of rotatable bonds is 5. The maximum absolute atomic E-state index is 11.3. The summed E-state index contributed by atoms with van der Waals surface area (Å²) in [5.41, 5.74) is 8.68. The number of esters is 3. The van der Waals surface area contributed by atoms with Crippen molar-refractivity contribution in [2.24, 2.45) is 5.11 Å². The molecule has 0 amide bonds. The molecule has 11 heteroatoms. The zero-order valence-electron chi connectivity index (χ0n) is 12.7. The first kappa shape index (κ1) is 18.7. The number of aliphatic hydroxyl groups is 1. The number of hydrogen-bond donors (Lipinski definition) is 1. The summed E-state index contributed by atoms with van der Waals surface area (Å²) in [7, 11) is 0. The first-order valence-electron chi connectivity index (χ1n) is 6.61. The Labute approximate surface area is 131 Å². The highest BCUT2D eigenvalue weighted by molar-refractivity contribution is 5.67. The molecule has 0 aliphatic carbocycles. The molecule has 1 heterocycles. The minimum absolute atomic E-state index is 0.347. The van der Waals surface area contributed by atoms with Crippen LogP contribution in [0.5, 0.6) is 0 Å². The molecule has 5 atom stereocenters.